The second kappa shape index (κ2) is 6.08. The maximum Gasteiger partial charge on any atom is 0.282 e. The molecule has 0 atom stereocenters. The van der Waals surface area contributed by atoms with Crippen molar-refractivity contribution < 1.29 is 14.5 Å². The Labute approximate surface area is 111 Å². The van der Waals surface area contributed by atoms with Gasteiger partial charge in [-0.05, 0) is 18.6 Å². The van der Waals surface area contributed by atoms with Crippen LogP contribution < -0.4 is 5.32 Å². The van der Waals surface area contributed by atoms with E-state index in [1.54, 1.807) is 26.8 Å². The molecule has 102 valence electrons. The number of Topliss-reactive ketones (excluding diaryl/α,β-unsaturated/α-hetero) is 1. The molecule has 6 nitrogen and oxygen atoms in total. The van der Waals surface area contributed by atoms with Crippen molar-refractivity contribution in [3.63, 3.8) is 0 Å². The maximum atomic E-state index is 11.9. The number of rotatable bonds is 5. The summed E-state index contributed by atoms with van der Waals surface area (Å²) in [4.78, 5) is 33.5. The van der Waals surface area contributed by atoms with Crippen LogP contribution in [-0.4, -0.2) is 23.2 Å². The molecule has 0 fully saturated rings. The van der Waals surface area contributed by atoms with Gasteiger partial charge in [0.05, 0.1) is 11.5 Å². The summed E-state index contributed by atoms with van der Waals surface area (Å²) in [6.45, 7) is 5.06. The van der Waals surface area contributed by atoms with Gasteiger partial charge in [-0.25, -0.2) is 0 Å². The number of carbonyl (C=O) groups is 2. The zero-order valence-electron chi connectivity index (χ0n) is 11.1. The number of nitro groups is 1. The Hall–Kier alpha value is -2.24. The average molecular weight is 264 g/mol. The van der Waals surface area contributed by atoms with Crippen molar-refractivity contribution in [3.8, 4) is 0 Å². The van der Waals surface area contributed by atoms with Crippen LogP contribution in [0.2, 0.25) is 0 Å². The number of ketones is 1. The predicted molar refractivity (Wildman–Crippen MR) is 70.0 cm³/mol. The molecular weight excluding hydrogens is 248 g/mol. The number of nitro benzene ring substituents is 1. The van der Waals surface area contributed by atoms with Gasteiger partial charge in [-0.1, -0.05) is 19.9 Å². The van der Waals surface area contributed by atoms with E-state index < -0.39 is 10.8 Å². The van der Waals surface area contributed by atoms with E-state index in [1.165, 1.54) is 12.1 Å². The minimum Gasteiger partial charge on any atom is -0.345 e. The number of aryl methyl sites for hydroxylation is 1. The summed E-state index contributed by atoms with van der Waals surface area (Å²) in [5.41, 5.74) is 0.451. The van der Waals surface area contributed by atoms with Crippen molar-refractivity contribution in [2.45, 2.75) is 20.8 Å². The molecule has 0 spiro atoms. The van der Waals surface area contributed by atoms with Crippen LogP contribution in [-0.2, 0) is 4.79 Å². The summed E-state index contributed by atoms with van der Waals surface area (Å²) in [5, 5.41) is 13.3. The van der Waals surface area contributed by atoms with E-state index in [0.29, 0.717) is 0 Å². The Bertz CT molecular complexity index is 523. The first-order chi connectivity index (χ1) is 8.82. The lowest BCUT2D eigenvalue weighted by Crippen LogP contribution is -2.32. The molecule has 1 aromatic carbocycles. The Morgan fingerprint density at radius 3 is 2.53 bits per heavy atom. The monoisotopic (exact) mass is 264 g/mol. The van der Waals surface area contributed by atoms with Gasteiger partial charge in [0, 0.05) is 12.0 Å². The summed E-state index contributed by atoms with van der Waals surface area (Å²) < 4.78 is 0. The van der Waals surface area contributed by atoms with Gasteiger partial charge < -0.3 is 5.32 Å². The lowest BCUT2D eigenvalue weighted by atomic mass is 10.1. The van der Waals surface area contributed by atoms with Crippen LogP contribution in [0.1, 0.15) is 29.8 Å². The molecule has 0 aliphatic heterocycles. The Balaban J connectivity index is 2.90. The van der Waals surface area contributed by atoms with Gasteiger partial charge in [0.2, 0.25) is 0 Å². The highest BCUT2D eigenvalue weighted by Crippen LogP contribution is 2.19. The van der Waals surface area contributed by atoms with Gasteiger partial charge in [0.1, 0.15) is 5.56 Å². The molecule has 0 radical (unpaired) electrons. The fraction of sp³-hybridized carbons (Fsp3) is 0.385. The zero-order valence-corrected chi connectivity index (χ0v) is 11.1. The number of amides is 1. The molecule has 0 unspecified atom stereocenters. The molecule has 0 bridgehead atoms. The minimum atomic E-state index is -0.612. The molecule has 1 amide bonds. The molecule has 0 saturated carbocycles. The third-order valence-corrected chi connectivity index (χ3v) is 2.66. The van der Waals surface area contributed by atoms with Crippen molar-refractivity contribution >= 4 is 17.4 Å². The first kappa shape index (κ1) is 14.8. The molecule has 0 saturated heterocycles. The lowest BCUT2D eigenvalue weighted by Gasteiger charge is -2.07. The first-order valence-corrected chi connectivity index (χ1v) is 5.89. The molecule has 0 heterocycles. The highest BCUT2D eigenvalue weighted by atomic mass is 16.6. The van der Waals surface area contributed by atoms with Crippen molar-refractivity contribution in [3.05, 3.63) is 39.4 Å². The fourth-order valence-electron chi connectivity index (χ4n) is 1.46. The van der Waals surface area contributed by atoms with Crippen LogP contribution in [0.25, 0.3) is 0 Å². The Morgan fingerprint density at radius 1 is 1.37 bits per heavy atom. The van der Waals surface area contributed by atoms with Gasteiger partial charge in [-0.15, -0.1) is 0 Å². The largest absolute Gasteiger partial charge is 0.345 e. The number of benzene rings is 1. The van der Waals surface area contributed by atoms with Crippen molar-refractivity contribution in [2.24, 2.45) is 5.92 Å². The van der Waals surface area contributed by atoms with Gasteiger partial charge in [-0.2, -0.15) is 0 Å². The maximum absolute atomic E-state index is 11.9. The molecule has 1 rings (SSSR count). The highest BCUT2D eigenvalue weighted by molar-refractivity contribution is 6.00. The average Bonchev–Trinajstić information content (AvgIpc) is 2.34. The van der Waals surface area contributed by atoms with Gasteiger partial charge in [0.15, 0.2) is 5.78 Å². The topological polar surface area (TPSA) is 89.3 Å². The number of nitrogens with zero attached hydrogens (tertiary/aromatic N) is 1. The number of carbonyl (C=O) groups excluding carboxylic acids is 2. The first-order valence-electron chi connectivity index (χ1n) is 5.89. The standard InChI is InChI=1S/C13H16N2O4/c1-8(2)12(16)7-14-13(17)10-6-9(3)4-5-11(10)15(18)19/h4-6,8H,7H2,1-3H3,(H,14,17). The van der Waals surface area contributed by atoms with Crippen molar-refractivity contribution in [2.75, 3.05) is 6.54 Å². The van der Waals surface area contributed by atoms with E-state index in [1.807, 2.05) is 0 Å². The zero-order chi connectivity index (χ0) is 14.6. The molecule has 0 aliphatic carbocycles. The smallest absolute Gasteiger partial charge is 0.282 e. The van der Waals surface area contributed by atoms with Crippen molar-refractivity contribution in [1.82, 2.24) is 5.32 Å². The van der Waals surface area contributed by atoms with E-state index in [4.69, 9.17) is 0 Å². The van der Waals surface area contributed by atoms with Gasteiger partial charge in [-0.3, -0.25) is 19.7 Å². The van der Waals surface area contributed by atoms with Gasteiger partial charge in [0.25, 0.3) is 11.6 Å². The predicted octanol–water partition coefficient (Wildman–Crippen LogP) is 1.86. The van der Waals surface area contributed by atoms with Crippen molar-refractivity contribution in [1.29, 1.82) is 0 Å². The number of nitrogens with one attached hydrogen (secondary N) is 1. The molecule has 0 aromatic heterocycles. The van der Waals surface area contributed by atoms with E-state index in [2.05, 4.69) is 5.32 Å². The van der Waals surface area contributed by atoms with Crippen LogP contribution in [0.15, 0.2) is 18.2 Å². The molecular formula is C13H16N2O4. The lowest BCUT2D eigenvalue weighted by molar-refractivity contribution is -0.385. The van der Waals surface area contributed by atoms with Crippen LogP contribution in [0.4, 0.5) is 5.69 Å². The minimum absolute atomic E-state index is 0.0263. The van der Waals surface area contributed by atoms with Crippen LogP contribution in [0.5, 0.6) is 0 Å². The molecule has 1 aromatic rings. The van der Waals surface area contributed by atoms with E-state index >= 15 is 0 Å². The summed E-state index contributed by atoms with van der Waals surface area (Å²) in [6.07, 6.45) is 0. The second-order valence-electron chi connectivity index (χ2n) is 4.58. The van der Waals surface area contributed by atoms with Crippen LogP contribution in [0, 0.1) is 23.0 Å². The van der Waals surface area contributed by atoms with E-state index in [9.17, 15) is 19.7 Å². The summed E-state index contributed by atoms with van der Waals surface area (Å²) in [7, 11) is 0. The number of hydrogen-bond donors (Lipinski definition) is 1. The van der Waals surface area contributed by atoms with Gasteiger partial charge >= 0.3 is 0 Å². The van der Waals surface area contributed by atoms with Crippen LogP contribution >= 0.6 is 0 Å². The SMILES string of the molecule is Cc1ccc([N+](=O)[O-])c(C(=O)NCC(=O)C(C)C)c1. The second-order valence-corrected chi connectivity index (χ2v) is 4.58. The van der Waals surface area contributed by atoms with E-state index in [-0.39, 0.29) is 29.5 Å². The normalized spacial score (nSPS) is 10.3. The number of hydrogen-bond acceptors (Lipinski definition) is 4. The molecule has 19 heavy (non-hydrogen) atoms. The third kappa shape index (κ3) is 3.87. The molecule has 6 heteroatoms. The van der Waals surface area contributed by atoms with E-state index in [0.717, 1.165) is 5.56 Å². The summed E-state index contributed by atoms with van der Waals surface area (Å²) in [5.74, 6) is -0.916. The Morgan fingerprint density at radius 2 is 2.00 bits per heavy atom. The third-order valence-electron chi connectivity index (χ3n) is 2.66. The van der Waals surface area contributed by atoms with Crippen LogP contribution in [0.3, 0.4) is 0 Å². The molecule has 1 N–H and O–H groups in total. The fourth-order valence-corrected chi connectivity index (χ4v) is 1.46. The summed E-state index contributed by atoms with van der Waals surface area (Å²) >= 11 is 0. The molecule has 0 aliphatic rings. The summed E-state index contributed by atoms with van der Waals surface area (Å²) in [6, 6.07) is 4.29. The Kier molecular flexibility index (Phi) is 4.74. The highest BCUT2D eigenvalue weighted by Gasteiger charge is 2.20. The quantitative estimate of drug-likeness (QED) is 0.649.